The van der Waals surface area contributed by atoms with E-state index >= 15 is 0 Å². The minimum absolute atomic E-state index is 0.243. The molecule has 1 spiro atoms. The van der Waals surface area contributed by atoms with Crippen molar-refractivity contribution in [3.63, 3.8) is 0 Å². The molecule has 1 aliphatic carbocycles. The molecule has 1 heterocycles. The lowest BCUT2D eigenvalue weighted by molar-refractivity contribution is -0.0340. The quantitative estimate of drug-likeness (QED) is 0.805. The van der Waals surface area contributed by atoms with E-state index in [1.165, 1.54) is 11.1 Å². The Morgan fingerprint density at radius 3 is 2.71 bits per heavy atom. The number of benzene rings is 1. The van der Waals surface area contributed by atoms with E-state index in [1.54, 1.807) is 6.26 Å². The maximum atomic E-state index is 11.1. The zero-order valence-corrected chi connectivity index (χ0v) is 12.9. The van der Waals surface area contributed by atoms with Gasteiger partial charge in [-0.05, 0) is 43.2 Å². The van der Waals surface area contributed by atoms with Gasteiger partial charge >= 0.3 is 0 Å². The Balaban J connectivity index is 1.70. The standard InChI is InChI=1S/C16H20O4S/c1-21(17,18)20-12-13-6-9-16(10-7-13)15-5-3-2-4-14(15)8-11-19-16/h2-5,8,11,13H,6-7,9-10,12H2,1H3. The molecule has 1 fully saturated rings. The Kier molecular flexibility index (Phi) is 3.80. The molecule has 5 heteroatoms. The maximum Gasteiger partial charge on any atom is 0.264 e. The highest BCUT2D eigenvalue weighted by Crippen LogP contribution is 2.46. The van der Waals surface area contributed by atoms with Gasteiger partial charge in [-0.2, -0.15) is 8.42 Å². The molecule has 0 saturated heterocycles. The van der Waals surface area contributed by atoms with Crippen LogP contribution in [0.15, 0.2) is 30.5 Å². The van der Waals surface area contributed by atoms with Crippen molar-refractivity contribution in [1.29, 1.82) is 0 Å². The summed E-state index contributed by atoms with van der Waals surface area (Å²) in [6, 6.07) is 8.32. The van der Waals surface area contributed by atoms with Crippen molar-refractivity contribution in [3.05, 3.63) is 41.7 Å². The van der Waals surface area contributed by atoms with Crippen molar-refractivity contribution >= 4 is 16.2 Å². The summed E-state index contributed by atoms with van der Waals surface area (Å²) in [5.41, 5.74) is 2.22. The van der Waals surface area contributed by atoms with Crippen molar-refractivity contribution in [1.82, 2.24) is 0 Å². The fourth-order valence-electron chi connectivity index (χ4n) is 3.28. The van der Waals surface area contributed by atoms with Gasteiger partial charge in [0.15, 0.2) is 0 Å². The molecule has 0 N–H and O–H groups in total. The SMILES string of the molecule is CS(=O)(=O)OCC1CCC2(CC1)OC=Cc1ccccc12. The van der Waals surface area contributed by atoms with Gasteiger partial charge in [-0.1, -0.05) is 24.3 Å². The van der Waals surface area contributed by atoms with Crippen molar-refractivity contribution in [2.75, 3.05) is 12.9 Å². The largest absolute Gasteiger partial charge is 0.490 e. The minimum atomic E-state index is -3.35. The van der Waals surface area contributed by atoms with Crippen molar-refractivity contribution in [2.45, 2.75) is 31.3 Å². The smallest absolute Gasteiger partial charge is 0.264 e. The lowest BCUT2D eigenvalue weighted by Crippen LogP contribution is -2.36. The second-order valence-corrected chi connectivity index (χ2v) is 7.58. The average molecular weight is 308 g/mol. The monoisotopic (exact) mass is 308 g/mol. The highest BCUT2D eigenvalue weighted by molar-refractivity contribution is 7.85. The molecule has 0 amide bonds. The Hall–Kier alpha value is -1.33. The van der Waals surface area contributed by atoms with Crippen LogP contribution >= 0.6 is 0 Å². The molecule has 21 heavy (non-hydrogen) atoms. The van der Waals surface area contributed by atoms with Crippen LogP contribution in [0.1, 0.15) is 36.8 Å². The molecule has 0 atom stereocenters. The van der Waals surface area contributed by atoms with Gasteiger partial charge in [0.1, 0.15) is 5.60 Å². The molecule has 0 unspecified atom stereocenters. The van der Waals surface area contributed by atoms with Crippen LogP contribution in [0.4, 0.5) is 0 Å². The molecule has 0 bridgehead atoms. The number of fused-ring (bicyclic) bond motifs is 2. The molecule has 3 rings (SSSR count). The van der Waals surface area contributed by atoms with E-state index in [0.29, 0.717) is 0 Å². The summed E-state index contributed by atoms with van der Waals surface area (Å²) in [4.78, 5) is 0. The zero-order valence-electron chi connectivity index (χ0n) is 12.1. The van der Waals surface area contributed by atoms with E-state index in [9.17, 15) is 8.42 Å². The van der Waals surface area contributed by atoms with Gasteiger partial charge in [0.2, 0.25) is 0 Å². The summed E-state index contributed by atoms with van der Waals surface area (Å²) in [5.74, 6) is 0.284. The molecular weight excluding hydrogens is 288 g/mol. The fourth-order valence-corrected chi connectivity index (χ4v) is 3.72. The number of hydrogen-bond donors (Lipinski definition) is 0. The summed E-state index contributed by atoms with van der Waals surface area (Å²) in [6.45, 7) is 0.284. The van der Waals surface area contributed by atoms with E-state index in [2.05, 4.69) is 12.1 Å². The van der Waals surface area contributed by atoms with Crippen LogP contribution in [0.5, 0.6) is 0 Å². The van der Waals surface area contributed by atoms with Crippen molar-refractivity contribution in [3.8, 4) is 0 Å². The minimum Gasteiger partial charge on any atom is -0.490 e. The Bertz CT molecular complexity index is 640. The van der Waals surface area contributed by atoms with Crippen molar-refractivity contribution in [2.24, 2.45) is 5.92 Å². The molecule has 114 valence electrons. The highest BCUT2D eigenvalue weighted by Gasteiger charge is 2.40. The van der Waals surface area contributed by atoms with Crippen molar-refractivity contribution < 1.29 is 17.3 Å². The predicted octanol–water partition coefficient (Wildman–Crippen LogP) is 3.05. The molecule has 2 aliphatic rings. The summed E-state index contributed by atoms with van der Waals surface area (Å²) in [6.07, 6.45) is 8.51. The fraction of sp³-hybridized carbons (Fsp3) is 0.500. The lowest BCUT2D eigenvalue weighted by Gasteiger charge is -2.42. The van der Waals surface area contributed by atoms with Gasteiger partial charge in [-0.3, -0.25) is 4.18 Å². The van der Waals surface area contributed by atoms with E-state index in [0.717, 1.165) is 31.9 Å². The van der Waals surface area contributed by atoms with Crippen LogP contribution in [0.25, 0.3) is 6.08 Å². The maximum absolute atomic E-state index is 11.1. The highest BCUT2D eigenvalue weighted by atomic mass is 32.2. The number of rotatable bonds is 3. The average Bonchev–Trinajstić information content (AvgIpc) is 2.47. The van der Waals surface area contributed by atoms with Gasteiger partial charge in [-0.25, -0.2) is 0 Å². The van der Waals surface area contributed by atoms with Gasteiger partial charge in [-0.15, -0.1) is 0 Å². The molecule has 0 aromatic heterocycles. The van der Waals surface area contributed by atoms with Crippen LogP contribution in [-0.4, -0.2) is 21.3 Å². The number of ether oxygens (including phenoxy) is 1. The first-order chi connectivity index (χ1) is 9.99. The first-order valence-electron chi connectivity index (χ1n) is 7.27. The molecular formula is C16H20O4S. The van der Waals surface area contributed by atoms with Crippen LogP contribution in [-0.2, 0) is 24.6 Å². The summed E-state index contributed by atoms with van der Waals surface area (Å²) in [5, 5.41) is 0. The van der Waals surface area contributed by atoms with Gasteiger partial charge < -0.3 is 4.74 Å². The molecule has 1 aromatic carbocycles. The summed E-state index contributed by atoms with van der Waals surface area (Å²) in [7, 11) is -3.35. The number of hydrogen-bond acceptors (Lipinski definition) is 4. The third-order valence-electron chi connectivity index (χ3n) is 4.42. The van der Waals surface area contributed by atoms with Gasteiger partial charge in [0.25, 0.3) is 10.1 Å². The predicted molar refractivity (Wildman–Crippen MR) is 81.0 cm³/mol. The van der Waals surface area contributed by atoms with E-state index in [1.807, 2.05) is 18.2 Å². The summed E-state index contributed by atoms with van der Waals surface area (Å²) < 4.78 is 33.1. The Morgan fingerprint density at radius 1 is 1.29 bits per heavy atom. The molecule has 0 radical (unpaired) electrons. The van der Waals surface area contributed by atoms with Gasteiger partial charge in [0, 0.05) is 5.56 Å². The Morgan fingerprint density at radius 2 is 2.00 bits per heavy atom. The first kappa shape index (κ1) is 14.6. The first-order valence-corrected chi connectivity index (χ1v) is 9.08. The van der Waals surface area contributed by atoms with Crippen LogP contribution in [0, 0.1) is 5.92 Å². The third kappa shape index (κ3) is 3.14. The topological polar surface area (TPSA) is 52.6 Å². The molecule has 1 saturated carbocycles. The lowest BCUT2D eigenvalue weighted by atomic mass is 9.73. The summed E-state index contributed by atoms with van der Waals surface area (Å²) >= 11 is 0. The van der Waals surface area contributed by atoms with Crippen LogP contribution in [0.3, 0.4) is 0 Å². The molecule has 4 nitrogen and oxygen atoms in total. The van der Waals surface area contributed by atoms with Crippen LogP contribution in [0.2, 0.25) is 0 Å². The molecule has 1 aromatic rings. The second-order valence-electron chi connectivity index (χ2n) is 5.93. The Labute approximate surface area is 125 Å². The van der Waals surface area contributed by atoms with E-state index in [4.69, 9.17) is 8.92 Å². The second kappa shape index (κ2) is 5.46. The normalized spacial score (nSPS) is 28.1. The van der Waals surface area contributed by atoms with Crippen LogP contribution < -0.4 is 0 Å². The third-order valence-corrected chi connectivity index (χ3v) is 4.99. The van der Waals surface area contributed by atoms with E-state index in [-0.39, 0.29) is 18.1 Å². The van der Waals surface area contributed by atoms with Gasteiger partial charge in [0.05, 0.1) is 19.1 Å². The van der Waals surface area contributed by atoms with E-state index < -0.39 is 10.1 Å². The molecule has 1 aliphatic heterocycles. The zero-order chi connectivity index (χ0) is 14.9.